The maximum atomic E-state index is 11.2. The Morgan fingerprint density at radius 1 is 1.11 bits per heavy atom. The van der Waals surface area contributed by atoms with Crippen molar-refractivity contribution in [1.82, 2.24) is 4.57 Å². The molecule has 90 valence electrons. The number of nitrogens with zero attached hydrogens (tertiary/aromatic N) is 1. The molecular formula is C17H11NO. The van der Waals surface area contributed by atoms with Gasteiger partial charge in [-0.3, -0.25) is 4.79 Å². The van der Waals surface area contributed by atoms with E-state index in [2.05, 4.69) is 5.92 Å². The second-order valence-corrected chi connectivity index (χ2v) is 4.28. The highest BCUT2D eigenvalue weighted by atomic mass is 16.1. The van der Waals surface area contributed by atoms with Crippen LogP contribution in [-0.4, -0.2) is 10.9 Å². The van der Waals surface area contributed by atoms with Gasteiger partial charge in [0.25, 0.3) is 0 Å². The zero-order valence-corrected chi connectivity index (χ0v) is 10.2. The van der Waals surface area contributed by atoms with E-state index in [1.807, 2.05) is 59.3 Å². The third-order valence-corrected chi connectivity index (χ3v) is 3.16. The first kappa shape index (κ1) is 11.3. The SMILES string of the molecule is C#Cc1ccc2c(C=O)cn(-c3ccccc3)c2c1. The maximum Gasteiger partial charge on any atom is 0.152 e. The van der Waals surface area contributed by atoms with Crippen LogP contribution in [0.1, 0.15) is 15.9 Å². The molecule has 1 heterocycles. The van der Waals surface area contributed by atoms with Crippen molar-refractivity contribution in [2.45, 2.75) is 0 Å². The van der Waals surface area contributed by atoms with Gasteiger partial charge in [0.05, 0.1) is 5.52 Å². The molecule has 0 aliphatic rings. The Hall–Kier alpha value is -2.79. The Balaban J connectivity index is 2.36. The Morgan fingerprint density at radius 3 is 2.58 bits per heavy atom. The Labute approximate surface area is 111 Å². The van der Waals surface area contributed by atoms with Gasteiger partial charge < -0.3 is 4.57 Å². The van der Waals surface area contributed by atoms with Crippen LogP contribution in [0.15, 0.2) is 54.7 Å². The molecule has 19 heavy (non-hydrogen) atoms. The summed E-state index contributed by atoms with van der Waals surface area (Å²) in [6.45, 7) is 0. The molecule has 2 nitrogen and oxygen atoms in total. The van der Waals surface area contributed by atoms with E-state index in [9.17, 15) is 4.79 Å². The molecule has 1 aromatic heterocycles. The van der Waals surface area contributed by atoms with Crippen LogP contribution in [-0.2, 0) is 0 Å². The lowest BCUT2D eigenvalue weighted by Crippen LogP contribution is -1.91. The van der Waals surface area contributed by atoms with Crippen molar-refractivity contribution >= 4 is 17.2 Å². The van der Waals surface area contributed by atoms with Crippen molar-refractivity contribution < 1.29 is 4.79 Å². The summed E-state index contributed by atoms with van der Waals surface area (Å²) in [5, 5.41) is 0.915. The fraction of sp³-hybridized carbons (Fsp3) is 0. The van der Waals surface area contributed by atoms with Crippen molar-refractivity contribution in [2.24, 2.45) is 0 Å². The van der Waals surface area contributed by atoms with Crippen molar-refractivity contribution in [3.8, 4) is 18.0 Å². The molecule has 0 aliphatic heterocycles. The van der Waals surface area contributed by atoms with Crippen LogP contribution in [0.2, 0.25) is 0 Å². The molecule has 0 unspecified atom stereocenters. The van der Waals surface area contributed by atoms with Crippen molar-refractivity contribution in [1.29, 1.82) is 0 Å². The van der Waals surface area contributed by atoms with Crippen LogP contribution >= 0.6 is 0 Å². The molecule has 3 aromatic rings. The van der Waals surface area contributed by atoms with E-state index in [0.717, 1.165) is 28.4 Å². The van der Waals surface area contributed by atoms with Crippen LogP contribution in [0, 0.1) is 12.3 Å². The monoisotopic (exact) mass is 245 g/mol. The van der Waals surface area contributed by atoms with Crippen LogP contribution in [0.3, 0.4) is 0 Å². The van der Waals surface area contributed by atoms with Crippen molar-refractivity contribution in [2.75, 3.05) is 0 Å². The van der Waals surface area contributed by atoms with Gasteiger partial charge in [-0.2, -0.15) is 0 Å². The minimum atomic E-state index is 0.669. The molecule has 0 N–H and O–H groups in total. The Kier molecular flexibility index (Phi) is 2.66. The lowest BCUT2D eigenvalue weighted by atomic mass is 10.1. The zero-order valence-electron chi connectivity index (χ0n) is 10.2. The molecule has 0 atom stereocenters. The van der Waals surface area contributed by atoms with Crippen LogP contribution in [0.4, 0.5) is 0 Å². The highest BCUT2D eigenvalue weighted by Gasteiger charge is 2.09. The number of fused-ring (bicyclic) bond motifs is 1. The lowest BCUT2D eigenvalue weighted by Gasteiger charge is -2.05. The summed E-state index contributed by atoms with van der Waals surface area (Å²) in [7, 11) is 0. The van der Waals surface area contributed by atoms with Gasteiger partial charge in [0, 0.05) is 28.4 Å². The summed E-state index contributed by atoms with van der Waals surface area (Å²) in [6, 6.07) is 15.6. The third kappa shape index (κ3) is 1.82. The van der Waals surface area contributed by atoms with Gasteiger partial charge >= 0.3 is 0 Å². The third-order valence-electron chi connectivity index (χ3n) is 3.16. The van der Waals surface area contributed by atoms with E-state index in [1.165, 1.54) is 0 Å². The highest BCUT2D eigenvalue weighted by molar-refractivity contribution is 5.98. The van der Waals surface area contributed by atoms with Crippen LogP contribution in [0.5, 0.6) is 0 Å². The smallest absolute Gasteiger partial charge is 0.152 e. The van der Waals surface area contributed by atoms with E-state index < -0.39 is 0 Å². The van der Waals surface area contributed by atoms with Gasteiger partial charge in [0.1, 0.15) is 0 Å². The standard InChI is InChI=1S/C17H11NO/c1-2-13-8-9-16-14(12-19)11-18(17(16)10-13)15-6-4-3-5-7-15/h1,3-12H. The largest absolute Gasteiger partial charge is 0.316 e. The normalized spacial score (nSPS) is 10.3. The number of para-hydroxylation sites is 1. The number of carbonyl (C=O) groups is 1. The van der Waals surface area contributed by atoms with Crippen molar-refractivity contribution in [3.05, 3.63) is 65.9 Å². The fourth-order valence-corrected chi connectivity index (χ4v) is 2.24. The van der Waals surface area contributed by atoms with Crippen LogP contribution < -0.4 is 0 Å². The maximum absolute atomic E-state index is 11.2. The first-order valence-corrected chi connectivity index (χ1v) is 5.96. The molecule has 0 spiro atoms. The summed E-state index contributed by atoms with van der Waals surface area (Å²) in [5.41, 5.74) is 3.43. The molecular weight excluding hydrogens is 234 g/mol. The topological polar surface area (TPSA) is 22.0 Å². The van der Waals surface area contributed by atoms with E-state index in [1.54, 1.807) is 0 Å². The summed E-state index contributed by atoms with van der Waals surface area (Å²) in [4.78, 5) is 11.2. The number of aromatic nitrogens is 1. The number of terminal acetylenes is 1. The summed E-state index contributed by atoms with van der Waals surface area (Å²) >= 11 is 0. The Morgan fingerprint density at radius 2 is 1.89 bits per heavy atom. The minimum absolute atomic E-state index is 0.669. The number of benzene rings is 2. The van der Waals surface area contributed by atoms with E-state index in [4.69, 9.17) is 6.42 Å². The molecule has 0 aliphatic carbocycles. The van der Waals surface area contributed by atoms with E-state index >= 15 is 0 Å². The van der Waals surface area contributed by atoms with Gasteiger partial charge in [0.2, 0.25) is 0 Å². The lowest BCUT2D eigenvalue weighted by molar-refractivity contribution is 0.112. The molecule has 0 amide bonds. The average Bonchev–Trinajstić information content (AvgIpc) is 2.86. The fourth-order valence-electron chi connectivity index (χ4n) is 2.24. The van der Waals surface area contributed by atoms with Gasteiger partial charge in [-0.05, 0) is 24.3 Å². The van der Waals surface area contributed by atoms with Crippen molar-refractivity contribution in [3.63, 3.8) is 0 Å². The molecule has 0 fully saturated rings. The predicted molar refractivity (Wildman–Crippen MR) is 76.6 cm³/mol. The molecule has 2 aromatic carbocycles. The summed E-state index contributed by atoms with van der Waals surface area (Å²) in [5.74, 6) is 2.62. The molecule has 0 saturated heterocycles. The molecule has 2 heteroatoms. The number of rotatable bonds is 2. The number of hydrogen-bond donors (Lipinski definition) is 0. The minimum Gasteiger partial charge on any atom is -0.316 e. The first-order valence-electron chi connectivity index (χ1n) is 5.96. The summed E-state index contributed by atoms with van der Waals surface area (Å²) in [6.07, 6.45) is 8.15. The second kappa shape index (κ2) is 4.47. The number of hydrogen-bond acceptors (Lipinski definition) is 1. The number of carbonyl (C=O) groups excluding carboxylic acids is 1. The quantitative estimate of drug-likeness (QED) is 0.501. The van der Waals surface area contributed by atoms with Crippen LogP contribution in [0.25, 0.3) is 16.6 Å². The molecule has 0 bridgehead atoms. The zero-order chi connectivity index (χ0) is 13.2. The number of aldehydes is 1. The van der Waals surface area contributed by atoms with Gasteiger partial charge in [-0.15, -0.1) is 6.42 Å². The van der Waals surface area contributed by atoms with E-state index in [0.29, 0.717) is 5.56 Å². The van der Waals surface area contributed by atoms with Gasteiger partial charge in [-0.25, -0.2) is 0 Å². The first-order chi connectivity index (χ1) is 9.33. The molecule has 0 saturated carbocycles. The van der Waals surface area contributed by atoms with Gasteiger partial charge in [-0.1, -0.05) is 30.2 Å². The molecule has 3 rings (SSSR count). The van der Waals surface area contributed by atoms with E-state index in [-0.39, 0.29) is 0 Å². The second-order valence-electron chi connectivity index (χ2n) is 4.28. The molecule has 0 radical (unpaired) electrons. The Bertz CT molecular complexity index is 791. The predicted octanol–water partition coefficient (Wildman–Crippen LogP) is 3.42. The average molecular weight is 245 g/mol. The van der Waals surface area contributed by atoms with Gasteiger partial charge in [0.15, 0.2) is 6.29 Å². The highest BCUT2D eigenvalue weighted by Crippen LogP contribution is 2.24. The summed E-state index contributed by atoms with van der Waals surface area (Å²) < 4.78 is 1.99.